The normalized spacial score (nSPS) is 19.6. The zero-order valence-corrected chi connectivity index (χ0v) is 16.8. The lowest BCUT2D eigenvalue weighted by Crippen LogP contribution is -2.40. The van der Waals surface area contributed by atoms with E-state index in [1.165, 1.54) is 4.90 Å². The number of carbonyl (C=O) groups is 2. The third-order valence-electron chi connectivity index (χ3n) is 5.82. The summed E-state index contributed by atoms with van der Waals surface area (Å²) >= 11 is 0. The second-order valence-electron chi connectivity index (χ2n) is 7.85. The number of nitrogens with one attached hydrogen (secondary N) is 1. The molecule has 0 aliphatic carbocycles. The van der Waals surface area contributed by atoms with Crippen LogP contribution >= 0.6 is 0 Å². The fourth-order valence-corrected chi connectivity index (χ4v) is 4.04. The number of amides is 2. The molecule has 1 unspecified atom stereocenters. The van der Waals surface area contributed by atoms with Crippen molar-refractivity contribution in [1.29, 1.82) is 0 Å². The van der Waals surface area contributed by atoms with Gasteiger partial charge in [0.2, 0.25) is 11.8 Å². The maximum Gasteiger partial charge on any atom is 0.231 e. The molecular weight excluding hydrogens is 413 g/mol. The van der Waals surface area contributed by atoms with Gasteiger partial charge in [0, 0.05) is 43.5 Å². The maximum absolute atomic E-state index is 13.8. The van der Waals surface area contributed by atoms with E-state index in [-0.39, 0.29) is 17.9 Å². The summed E-state index contributed by atoms with van der Waals surface area (Å²) in [7, 11) is 0. The molecule has 1 atom stereocenters. The van der Waals surface area contributed by atoms with Crippen LogP contribution in [0.3, 0.4) is 0 Å². The van der Waals surface area contributed by atoms with Crippen molar-refractivity contribution < 1.29 is 27.5 Å². The number of likely N-dealkylation sites (tertiary alicyclic amines) is 1. The average Bonchev–Trinajstić information content (AvgIpc) is 3.43. The van der Waals surface area contributed by atoms with E-state index in [1.807, 2.05) is 0 Å². The first-order valence-corrected chi connectivity index (χ1v) is 10.3. The predicted molar refractivity (Wildman–Crippen MR) is 105 cm³/mol. The van der Waals surface area contributed by atoms with Crippen LogP contribution in [0.25, 0.3) is 0 Å². The van der Waals surface area contributed by atoms with Gasteiger partial charge in [-0.2, -0.15) is 5.10 Å². The lowest BCUT2D eigenvalue weighted by atomic mass is 10.0. The van der Waals surface area contributed by atoms with Crippen LogP contribution in [-0.2, 0) is 20.7 Å². The number of anilines is 1. The van der Waals surface area contributed by atoms with Gasteiger partial charge in [-0.25, -0.2) is 17.9 Å². The molecule has 0 bridgehead atoms. The topological polar surface area (TPSA) is 76.5 Å². The Kier molecular flexibility index (Phi) is 6.26. The van der Waals surface area contributed by atoms with Gasteiger partial charge in [0.1, 0.15) is 23.3 Å². The number of ether oxygens (including phenoxy) is 1. The Morgan fingerprint density at radius 3 is 2.48 bits per heavy atom. The lowest BCUT2D eigenvalue weighted by molar-refractivity contribution is -0.131. The highest BCUT2D eigenvalue weighted by atomic mass is 19.1. The van der Waals surface area contributed by atoms with Gasteiger partial charge in [0.15, 0.2) is 0 Å². The fourth-order valence-electron chi connectivity index (χ4n) is 4.04. The van der Waals surface area contributed by atoms with Crippen molar-refractivity contribution in [2.45, 2.75) is 31.7 Å². The molecule has 2 amide bonds. The van der Waals surface area contributed by atoms with Crippen LogP contribution in [0.4, 0.5) is 19.0 Å². The number of carbonyl (C=O) groups excluding carboxylic acids is 2. The molecule has 2 fully saturated rings. The standard InChI is InChI=1S/C21H23F3N4O3/c22-14-9-17(23)16(18(24)10-14)11-20(29)27-6-2-15(3-7-27)28-19(1-5-25-28)26-21(30)13-4-8-31-12-13/h1,5,9-10,13,15H,2-4,6-8,11-12H2,(H,26,30). The monoisotopic (exact) mass is 436 g/mol. The molecule has 10 heteroatoms. The Morgan fingerprint density at radius 2 is 1.84 bits per heavy atom. The van der Waals surface area contributed by atoms with Crippen molar-refractivity contribution in [3.63, 3.8) is 0 Å². The molecule has 0 spiro atoms. The fraction of sp³-hybridized carbons (Fsp3) is 0.476. The molecule has 0 saturated carbocycles. The van der Waals surface area contributed by atoms with E-state index in [9.17, 15) is 22.8 Å². The van der Waals surface area contributed by atoms with Crippen LogP contribution in [0.2, 0.25) is 0 Å². The Hall–Kier alpha value is -2.88. The third kappa shape index (κ3) is 4.73. The number of nitrogens with zero attached hydrogens (tertiary/aromatic N) is 3. The van der Waals surface area contributed by atoms with Gasteiger partial charge in [-0.05, 0) is 19.3 Å². The molecular formula is C21H23F3N4O3. The van der Waals surface area contributed by atoms with E-state index in [2.05, 4.69) is 10.4 Å². The van der Waals surface area contributed by atoms with Gasteiger partial charge in [-0.3, -0.25) is 9.59 Å². The van der Waals surface area contributed by atoms with E-state index in [1.54, 1.807) is 16.9 Å². The largest absolute Gasteiger partial charge is 0.381 e. The van der Waals surface area contributed by atoms with E-state index in [4.69, 9.17) is 4.74 Å². The highest BCUT2D eigenvalue weighted by Crippen LogP contribution is 2.27. The van der Waals surface area contributed by atoms with Crippen LogP contribution in [0, 0.1) is 23.4 Å². The summed E-state index contributed by atoms with van der Waals surface area (Å²) in [5.74, 6) is -3.24. The molecule has 4 rings (SSSR count). The molecule has 3 heterocycles. The zero-order chi connectivity index (χ0) is 22.0. The van der Waals surface area contributed by atoms with Crippen molar-refractivity contribution in [3.8, 4) is 0 Å². The van der Waals surface area contributed by atoms with E-state index < -0.39 is 35.3 Å². The lowest BCUT2D eigenvalue weighted by Gasteiger charge is -2.33. The van der Waals surface area contributed by atoms with Crippen molar-refractivity contribution in [2.75, 3.05) is 31.6 Å². The minimum atomic E-state index is -1.06. The molecule has 2 saturated heterocycles. The average molecular weight is 436 g/mol. The summed E-state index contributed by atoms with van der Waals surface area (Å²) in [4.78, 5) is 26.4. The summed E-state index contributed by atoms with van der Waals surface area (Å²) in [6.07, 6.45) is 3.00. The summed E-state index contributed by atoms with van der Waals surface area (Å²) in [5.41, 5.74) is -0.429. The van der Waals surface area contributed by atoms with Crippen LogP contribution in [0.5, 0.6) is 0 Å². The number of halogens is 3. The van der Waals surface area contributed by atoms with Gasteiger partial charge in [-0.15, -0.1) is 0 Å². The first-order chi connectivity index (χ1) is 14.9. The number of hydrogen-bond donors (Lipinski definition) is 1. The quantitative estimate of drug-likeness (QED) is 0.782. The molecule has 0 radical (unpaired) electrons. The Morgan fingerprint density at radius 1 is 1.13 bits per heavy atom. The van der Waals surface area contributed by atoms with Gasteiger partial charge in [-0.1, -0.05) is 0 Å². The number of hydrogen-bond acceptors (Lipinski definition) is 4. The molecule has 2 aromatic rings. The SMILES string of the molecule is O=C(Nc1ccnn1C1CCN(C(=O)Cc2c(F)cc(F)cc2F)CC1)C1CCOC1. The van der Waals surface area contributed by atoms with Gasteiger partial charge in [0.25, 0.3) is 0 Å². The maximum atomic E-state index is 13.8. The van der Waals surface area contributed by atoms with Crippen molar-refractivity contribution >= 4 is 17.6 Å². The molecule has 31 heavy (non-hydrogen) atoms. The van der Waals surface area contributed by atoms with Crippen molar-refractivity contribution in [2.24, 2.45) is 5.92 Å². The van der Waals surface area contributed by atoms with Gasteiger partial charge in [0.05, 0.1) is 31.2 Å². The molecule has 7 nitrogen and oxygen atoms in total. The van der Waals surface area contributed by atoms with Crippen LogP contribution in [0.15, 0.2) is 24.4 Å². The van der Waals surface area contributed by atoms with E-state index >= 15 is 0 Å². The van der Waals surface area contributed by atoms with Crippen LogP contribution in [0.1, 0.15) is 30.9 Å². The highest BCUT2D eigenvalue weighted by Gasteiger charge is 2.28. The molecule has 2 aliphatic rings. The third-order valence-corrected chi connectivity index (χ3v) is 5.82. The first kappa shape index (κ1) is 21.4. The first-order valence-electron chi connectivity index (χ1n) is 10.3. The summed E-state index contributed by atoms with van der Waals surface area (Å²) in [5, 5.41) is 7.22. The highest BCUT2D eigenvalue weighted by molar-refractivity contribution is 5.92. The second-order valence-corrected chi connectivity index (χ2v) is 7.85. The molecule has 1 aromatic heterocycles. The zero-order valence-electron chi connectivity index (χ0n) is 16.8. The van der Waals surface area contributed by atoms with Gasteiger partial charge >= 0.3 is 0 Å². The number of rotatable bonds is 5. The Balaban J connectivity index is 1.34. The molecule has 1 N–H and O–H groups in total. The van der Waals surface area contributed by atoms with E-state index in [0.717, 1.165) is 0 Å². The summed E-state index contributed by atoms with van der Waals surface area (Å²) < 4.78 is 47.7. The number of benzene rings is 1. The predicted octanol–water partition coefficient (Wildman–Crippen LogP) is 2.68. The van der Waals surface area contributed by atoms with Crippen LogP contribution < -0.4 is 5.32 Å². The molecule has 166 valence electrons. The second kappa shape index (κ2) is 9.09. The minimum absolute atomic E-state index is 0.0199. The number of piperidine rings is 1. The summed E-state index contributed by atoms with van der Waals surface area (Å²) in [6, 6.07) is 2.85. The minimum Gasteiger partial charge on any atom is -0.381 e. The van der Waals surface area contributed by atoms with Crippen molar-refractivity contribution in [3.05, 3.63) is 47.4 Å². The summed E-state index contributed by atoms with van der Waals surface area (Å²) in [6.45, 7) is 1.76. The molecule has 1 aromatic carbocycles. The smallest absolute Gasteiger partial charge is 0.231 e. The van der Waals surface area contributed by atoms with E-state index in [0.29, 0.717) is 63.5 Å². The Labute approximate surface area is 177 Å². The molecule has 2 aliphatic heterocycles. The van der Waals surface area contributed by atoms with Crippen LogP contribution in [-0.4, -0.2) is 52.8 Å². The van der Waals surface area contributed by atoms with Gasteiger partial charge < -0.3 is 15.0 Å². The number of aromatic nitrogens is 2. The van der Waals surface area contributed by atoms with Crippen molar-refractivity contribution in [1.82, 2.24) is 14.7 Å². The Bertz CT molecular complexity index is 944.